The first-order chi connectivity index (χ1) is 13.0. The molecular weight excluding hydrogens is 326 g/mol. The van der Waals surface area contributed by atoms with Crippen LogP contribution < -0.4 is 0 Å². The zero-order chi connectivity index (χ0) is 18.8. The number of rotatable bonds is 1. The standard InChI is InChI=1S/C26H25N/c1-16-13-24(27-15-17(16)2)19-9-11-21-23(14-19)26(3,4)22-12-10-18-7-5-6-8-20(18)25(21)22/h5-8,10-15,19H,9H2,1-4H3. The van der Waals surface area contributed by atoms with Gasteiger partial charge in [0.25, 0.3) is 0 Å². The summed E-state index contributed by atoms with van der Waals surface area (Å²) in [4.78, 5) is 4.75. The monoisotopic (exact) mass is 351 g/mol. The van der Waals surface area contributed by atoms with E-state index < -0.39 is 0 Å². The fraction of sp³-hybridized carbons (Fsp3) is 0.269. The summed E-state index contributed by atoms with van der Waals surface area (Å²) in [5.41, 5.74) is 9.60. The third kappa shape index (κ3) is 2.34. The highest BCUT2D eigenvalue weighted by Crippen LogP contribution is 2.54. The summed E-state index contributed by atoms with van der Waals surface area (Å²) in [6.45, 7) is 9.04. The molecule has 0 saturated heterocycles. The van der Waals surface area contributed by atoms with Crippen molar-refractivity contribution in [1.82, 2.24) is 4.98 Å². The first kappa shape index (κ1) is 16.5. The predicted molar refractivity (Wildman–Crippen MR) is 114 cm³/mol. The highest BCUT2D eigenvalue weighted by atomic mass is 14.7. The van der Waals surface area contributed by atoms with E-state index in [-0.39, 0.29) is 5.41 Å². The van der Waals surface area contributed by atoms with E-state index >= 15 is 0 Å². The SMILES string of the molecule is Cc1cnc(C2C=C3C(=CC2)c2c(ccc4ccccc24)C3(C)C)cc1C. The van der Waals surface area contributed by atoms with Gasteiger partial charge in [0.05, 0.1) is 0 Å². The Hall–Kier alpha value is -2.67. The van der Waals surface area contributed by atoms with E-state index in [4.69, 9.17) is 4.98 Å². The van der Waals surface area contributed by atoms with Gasteiger partial charge in [0.15, 0.2) is 0 Å². The Balaban J connectivity index is 1.67. The summed E-state index contributed by atoms with van der Waals surface area (Å²) in [5, 5.41) is 2.70. The molecule has 27 heavy (non-hydrogen) atoms. The van der Waals surface area contributed by atoms with Crippen LogP contribution in [0.25, 0.3) is 16.3 Å². The molecule has 0 radical (unpaired) electrons. The molecule has 2 aromatic carbocycles. The van der Waals surface area contributed by atoms with Gasteiger partial charge in [0.2, 0.25) is 0 Å². The van der Waals surface area contributed by atoms with Gasteiger partial charge in [-0.05, 0) is 70.5 Å². The summed E-state index contributed by atoms with van der Waals surface area (Å²) in [6, 6.07) is 15.6. The van der Waals surface area contributed by atoms with E-state index in [9.17, 15) is 0 Å². The lowest BCUT2D eigenvalue weighted by molar-refractivity contribution is 0.646. The third-order valence-electron chi connectivity index (χ3n) is 6.55. The molecule has 0 fully saturated rings. The summed E-state index contributed by atoms with van der Waals surface area (Å²) in [7, 11) is 0. The lowest BCUT2D eigenvalue weighted by atomic mass is 9.78. The van der Waals surface area contributed by atoms with Gasteiger partial charge < -0.3 is 0 Å². The molecule has 1 aromatic heterocycles. The van der Waals surface area contributed by atoms with E-state index in [0.29, 0.717) is 5.92 Å². The van der Waals surface area contributed by atoms with Crippen LogP contribution in [0, 0.1) is 13.8 Å². The minimum atomic E-state index is 0.0314. The Morgan fingerprint density at radius 2 is 1.81 bits per heavy atom. The van der Waals surface area contributed by atoms with Gasteiger partial charge in [-0.3, -0.25) is 4.98 Å². The van der Waals surface area contributed by atoms with E-state index in [2.05, 4.69) is 82.3 Å². The van der Waals surface area contributed by atoms with E-state index in [1.807, 2.05) is 6.20 Å². The van der Waals surface area contributed by atoms with Crippen molar-refractivity contribution in [3.63, 3.8) is 0 Å². The normalized spacial score (nSPS) is 20.1. The average Bonchev–Trinajstić information content (AvgIpc) is 2.91. The Bertz CT molecular complexity index is 1140. The van der Waals surface area contributed by atoms with Crippen LogP contribution in [0.15, 0.2) is 66.4 Å². The van der Waals surface area contributed by atoms with Gasteiger partial charge in [0, 0.05) is 23.2 Å². The number of fused-ring (bicyclic) bond motifs is 5. The number of hydrogen-bond acceptors (Lipinski definition) is 1. The van der Waals surface area contributed by atoms with Crippen LogP contribution in [0.4, 0.5) is 0 Å². The third-order valence-corrected chi connectivity index (χ3v) is 6.55. The maximum atomic E-state index is 4.75. The second-order valence-corrected chi connectivity index (χ2v) is 8.57. The molecule has 0 amide bonds. The second-order valence-electron chi connectivity index (χ2n) is 8.57. The largest absolute Gasteiger partial charge is 0.260 e. The Morgan fingerprint density at radius 3 is 2.63 bits per heavy atom. The van der Waals surface area contributed by atoms with Crippen molar-refractivity contribution in [2.24, 2.45) is 0 Å². The molecule has 0 aliphatic heterocycles. The highest BCUT2D eigenvalue weighted by Gasteiger charge is 2.40. The number of hydrogen-bond donors (Lipinski definition) is 0. The van der Waals surface area contributed by atoms with Gasteiger partial charge >= 0.3 is 0 Å². The van der Waals surface area contributed by atoms with E-state index in [1.54, 1.807) is 0 Å². The van der Waals surface area contributed by atoms with Crippen LogP contribution in [0.3, 0.4) is 0 Å². The molecule has 3 aromatic rings. The highest BCUT2D eigenvalue weighted by molar-refractivity contribution is 6.03. The molecule has 0 N–H and O–H groups in total. The van der Waals surface area contributed by atoms with Crippen molar-refractivity contribution in [3.05, 3.63) is 94.3 Å². The van der Waals surface area contributed by atoms with Crippen molar-refractivity contribution in [3.8, 4) is 0 Å². The predicted octanol–water partition coefficient (Wildman–Crippen LogP) is 6.64. The van der Waals surface area contributed by atoms with Gasteiger partial charge in [-0.15, -0.1) is 0 Å². The minimum Gasteiger partial charge on any atom is -0.260 e. The van der Waals surface area contributed by atoms with Gasteiger partial charge in [-0.1, -0.05) is 62.4 Å². The molecule has 5 rings (SSSR count). The molecule has 1 unspecified atom stereocenters. The van der Waals surface area contributed by atoms with Crippen LogP contribution in [0.1, 0.15) is 54.1 Å². The first-order valence-corrected chi connectivity index (χ1v) is 9.85. The van der Waals surface area contributed by atoms with Crippen molar-refractivity contribution < 1.29 is 0 Å². The van der Waals surface area contributed by atoms with Crippen molar-refractivity contribution in [1.29, 1.82) is 0 Å². The molecule has 0 saturated carbocycles. The van der Waals surface area contributed by atoms with Gasteiger partial charge in [0.1, 0.15) is 0 Å². The number of benzene rings is 2. The van der Waals surface area contributed by atoms with Crippen LogP contribution in [0.2, 0.25) is 0 Å². The van der Waals surface area contributed by atoms with Crippen LogP contribution in [-0.4, -0.2) is 4.98 Å². The lowest BCUT2D eigenvalue weighted by Crippen LogP contribution is -2.17. The molecule has 1 atom stereocenters. The molecule has 2 aliphatic rings. The Kier molecular flexibility index (Phi) is 3.46. The summed E-state index contributed by atoms with van der Waals surface area (Å²) in [5.74, 6) is 0.364. The second kappa shape index (κ2) is 5.66. The minimum absolute atomic E-state index is 0.0314. The lowest BCUT2D eigenvalue weighted by Gasteiger charge is -2.26. The molecule has 0 spiro atoms. The first-order valence-electron chi connectivity index (χ1n) is 9.85. The van der Waals surface area contributed by atoms with E-state index in [0.717, 1.165) is 6.42 Å². The van der Waals surface area contributed by atoms with Crippen molar-refractivity contribution >= 4 is 16.3 Å². The van der Waals surface area contributed by atoms with Gasteiger partial charge in [-0.25, -0.2) is 0 Å². The summed E-state index contributed by atoms with van der Waals surface area (Å²) >= 11 is 0. The van der Waals surface area contributed by atoms with Crippen molar-refractivity contribution in [2.45, 2.75) is 45.4 Å². The Labute approximate surface area is 161 Å². The average molecular weight is 351 g/mol. The topological polar surface area (TPSA) is 12.9 Å². The number of pyridine rings is 1. The molecule has 134 valence electrons. The molecule has 1 heterocycles. The van der Waals surface area contributed by atoms with Crippen molar-refractivity contribution in [2.75, 3.05) is 0 Å². The zero-order valence-corrected chi connectivity index (χ0v) is 16.5. The summed E-state index contributed by atoms with van der Waals surface area (Å²) in [6.07, 6.45) is 7.98. The number of aromatic nitrogens is 1. The number of nitrogens with zero attached hydrogens (tertiary/aromatic N) is 1. The van der Waals surface area contributed by atoms with Crippen LogP contribution >= 0.6 is 0 Å². The molecule has 2 aliphatic carbocycles. The maximum Gasteiger partial charge on any atom is 0.0478 e. The fourth-order valence-corrected chi connectivity index (χ4v) is 4.78. The van der Waals surface area contributed by atoms with Gasteiger partial charge in [-0.2, -0.15) is 0 Å². The van der Waals surface area contributed by atoms with Crippen LogP contribution in [-0.2, 0) is 5.41 Å². The summed E-state index contributed by atoms with van der Waals surface area (Å²) < 4.78 is 0. The number of aryl methyl sites for hydroxylation is 2. The smallest absolute Gasteiger partial charge is 0.0478 e. The van der Waals surface area contributed by atoms with Crippen LogP contribution in [0.5, 0.6) is 0 Å². The maximum absolute atomic E-state index is 4.75. The van der Waals surface area contributed by atoms with E-state index in [1.165, 1.54) is 49.9 Å². The molecule has 1 nitrogen and oxygen atoms in total. The molecular formula is C26H25N. The fourth-order valence-electron chi connectivity index (χ4n) is 4.78. The Morgan fingerprint density at radius 1 is 1.00 bits per heavy atom. The zero-order valence-electron chi connectivity index (χ0n) is 16.5. The number of allylic oxidation sites excluding steroid dienone is 4. The quantitative estimate of drug-likeness (QED) is 0.479. The molecule has 0 bridgehead atoms. The molecule has 1 heteroatoms.